The Kier molecular flexibility index (Phi) is 5.75. The smallest absolute Gasteiger partial charge is 0.329 e. The van der Waals surface area contributed by atoms with Crippen LogP contribution < -0.4 is 16.6 Å². The number of ether oxygens (including phenoxy) is 1. The van der Waals surface area contributed by atoms with Gasteiger partial charge in [-0.25, -0.2) is 4.79 Å². The zero-order valence-electron chi connectivity index (χ0n) is 15.9. The summed E-state index contributed by atoms with van der Waals surface area (Å²) in [5.41, 5.74) is 0.861. The third kappa shape index (κ3) is 4.28. The van der Waals surface area contributed by atoms with Crippen LogP contribution in [0, 0.1) is 0 Å². The Morgan fingerprint density at radius 3 is 2.67 bits per heavy atom. The van der Waals surface area contributed by atoms with Crippen LogP contribution in [-0.2, 0) is 18.3 Å². The molecule has 8 heteroatoms. The van der Waals surface area contributed by atoms with Gasteiger partial charge in [0.15, 0.2) is 11.2 Å². The predicted molar refractivity (Wildman–Crippen MR) is 105 cm³/mol. The van der Waals surface area contributed by atoms with E-state index in [0.29, 0.717) is 36.8 Å². The van der Waals surface area contributed by atoms with Crippen LogP contribution in [0.15, 0.2) is 39.9 Å². The Morgan fingerprint density at radius 1 is 1.22 bits per heavy atom. The summed E-state index contributed by atoms with van der Waals surface area (Å²) >= 11 is 0. The number of hydrogen-bond donors (Lipinski definition) is 2. The number of fused-ring (bicyclic) bond motifs is 1. The fraction of sp³-hybridized carbons (Fsp3) is 0.421. The average Bonchev–Trinajstić information content (AvgIpc) is 2.99. The van der Waals surface area contributed by atoms with Crippen molar-refractivity contribution in [2.75, 3.05) is 18.5 Å². The summed E-state index contributed by atoms with van der Waals surface area (Å²) in [7, 11) is 1.60. The van der Waals surface area contributed by atoms with Crippen molar-refractivity contribution >= 4 is 17.1 Å². The topological polar surface area (TPSA) is 93.9 Å². The first-order chi connectivity index (χ1) is 13.0. The number of anilines is 1. The van der Waals surface area contributed by atoms with Crippen molar-refractivity contribution < 1.29 is 4.74 Å². The summed E-state index contributed by atoms with van der Waals surface area (Å²) in [6.07, 6.45) is 1.00. The lowest BCUT2D eigenvalue weighted by Gasteiger charge is -2.11. The molecule has 0 spiro atoms. The van der Waals surface area contributed by atoms with E-state index in [2.05, 4.69) is 15.3 Å². The highest BCUT2D eigenvalue weighted by Gasteiger charge is 2.17. The van der Waals surface area contributed by atoms with E-state index in [-0.39, 0.29) is 6.10 Å². The predicted octanol–water partition coefficient (Wildman–Crippen LogP) is 1.70. The molecule has 0 amide bonds. The minimum atomic E-state index is -0.478. The van der Waals surface area contributed by atoms with Gasteiger partial charge in [0.25, 0.3) is 5.56 Å². The number of nitrogens with zero attached hydrogens (tertiary/aromatic N) is 3. The van der Waals surface area contributed by atoms with Crippen LogP contribution in [0.2, 0.25) is 0 Å². The molecule has 0 aliphatic rings. The second-order valence-electron chi connectivity index (χ2n) is 6.70. The molecule has 0 atom stereocenters. The number of imidazole rings is 1. The molecule has 0 bridgehead atoms. The monoisotopic (exact) mass is 371 g/mol. The zero-order chi connectivity index (χ0) is 19.4. The first-order valence-corrected chi connectivity index (χ1v) is 9.06. The number of aryl methyl sites for hydroxylation is 1. The number of hydrogen-bond acceptors (Lipinski definition) is 5. The summed E-state index contributed by atoms with van der Waals surface area (Å²) < 4.78 is 8.72. The van der Waals surface area contributed by atoms with Crippen LogP contribution in [0.1, 0.15) is 25.8 Å². The quantitative estimate of drug-likeness (QED) is 0.588. The van der Waals surface area contributed by atoms with Crippen molar-refractivity contribution in [1.29, 1.82) is 0 Å². The van der Waals surface area contributed by atoms with Crippen LogP contribution in [0.5, 0.6) is 0 Å². The molecule has 0 saturated heterocycles. The van der Waals surface area contributed by atoms with Crippen molar-refractivity contribution in [1.82, 2.24) is 19.1 Å². The van der Waals surface area contributed by atoms with Crippen molar-refractivity contribution in [2.45, 2.75) is 32.9 Å². The summed E-state index contributed by atoms with van der Waals surface area (Å²) in [5.74, 6) is 0.560. The average molecular weight is 371 g/mol. The van der Waals surface area contributed by atoms with E-state index < -0.39 is 11.2 Å². The molecule has 3 rings (SSSR count). The Bertz CT molecular complexity index is 1020. The molecule has 2 aromatic heterocycles. The fourth-order valence-corrected chi connectivity index (χ4v) is 2.88. The number of nitrogens with one attached hydrogen (secondary N) is 2. The van der Waals surface area contributed by atoms with Crippen molar-refractivity contribution in [3.05, 3.63) is 56.7 Å². The Labute approximate surface area is 156 Å². The van der Waals surface area contributed by atoms with Crippen LogP contribution >= 0.6 is 0 Å². The maximum Gasteiger partial charge on any atom is 0.329 e. The van der Waals surface area contributed by atoms with Crippen LogP contribution in [0.25, 0.3) is 11.2 Å². The number of H-pyrrole nitrogens is 1. The van der Waals surface area contributed by atoms with E-state index in [4.69, 9.17) is 4.74 Å². The zero-order valence-corrected chi connectivity index (χ0v) is 15.9. The molecule has 0 fully saturated rings. The summed E-state index contributed by atoms with van der Waals surface area (Å²) in [4.78, 5) is 31.2. The van der Waals surface area contributed by atoms with E-state index in [0.717, 1.165) is 12.0 Å². The molecule has 0 aliphatic heterocycles. The molecule has 2 N–H and O–H groups in total. The van der Waals surface area contributed by atoms with Gasteiger partial charge in [-0.05, 0) is 25.8 Å². The van der Waals surface area contributed by atoms with Gasteiger partial charge in [-0.1, -0.05) is 30.3 Å². The third-order valence-electron chi connectivity index (χ3n) is 4.25. The number of benzene rings is 1. The lowest BCUT2D eigenvalue weighted by Crippen LogP contribution is -2.29. The van der Waals surface area contributed by atoms with Gasteiger partial charge in [-0.2, -0.15) is 4.98 Å². The highest BCUT2D eigenvalue weighted by molar-refractivity contribution is 5.74. The van der Waals surface area contributed by atoms with Crippen LogP contribution in [0.4, 0.5) is 5.95 Å². The largest absolute Gasteiger partial charge is 0.379 e. The van der Waals surface area contributed by atoms with E-state index >= 15 is 0 Å². The molecular weight excluding hydrogens is 346 g/mol. The molecular formula is C19H25N5O3. The van der Waals surface area contributed by atoms with Crippen LogP contribution in [-0.4, -0.2) is 38.4 Å². The lowest BCUT2D eigenvalue weighted by molar-refractivity contribution is 0.0787. The van der Waals surface area contributed by atoms with E-state index in [9.17, 15) is 9.59 Å². The summed E-state index contributed by atoms with van der Waals surface area (Å²) in [6, 6.07) is 9.82. The van der Waals surface area contributed by atoms with Crippen molar-refractivity contribution in [3.63, 3.8) is 0 Å². The molecule has 2 heterocycles. The SMILES string of the molecule is CC(C)OCCCNc1nc2c(c(=O)[nH]c(=O)n2C)n1Cc1ccccc1. The Balaban J connectivity index is 1.94. The molecule has 0 unspecified atom stereocenters. The van der Waals surface area contributed by atoms with Gasteiger partial charge >= 0.3 is 5.69 Å². The highest BCUT2D eigenvalue weighted by atomic mass is 16.5. The lowest BCUT2D eigenvalue weighted by atomic mass is 10.2. The molecule has 3 aromatic rings. The first kappa shape index (κ1) is 18.9. The molecule has 1 aromatic carbocycles. The number of aromatic nitrogens is 4. The maximum absolute atomic E-state index is 12.4. The second-order valence-corrected chi connectivity index (χ2v) is 6.70. The van der Waals surface area contributed by atoms with E-state index in [1.807, 2.05) is 48.7 Å². The van der Waals surface area contributed by atoms with Crippen molar-refractivity contribution in [3.8, 4) is 0 Å². The molecule has 27 heavy (non-hydrogen) atoms. The van der Waals surface area contributed by atoms with Crippen LogP contribution in [0.3, 0.4) is 0 Å². The van der Waals surface area contributed by atoms with Gasteiger partial charge in [0, 0.05) is 20.2 Å². The molecule has 144 valence electrons. The van der Waals surface area contributed by atoms with E-state index in [1.54, 1.807) is 7.05 Å². The maximum atomic E-state index is 12.4. The highest BCUT2D eigenvalue weighted by Crippen LogP contribution is 2.17. The second kappa shape index (κ2) is 8.22. The normalized spacial score (nSPS) is 11.4. The van der Waals surface area contributed by atoms with Crippen molar-refractivity contribution in [2.24, 2.45) is 7.05 Å². The Morgan fingerprint density at radius 2 is 1.96 bits per heavy atom. The number of aromatic amines is 1. The molecule has 0 radical (unpaired) electrons. The standard InChI is InChI=1S/C19H25N5O3/c1-13(2)27-11-7-10-20-18-21-16-15(17(25)22-19(26)23(16)3)24(18)12-14-8-5-4-6-9-14/h4-6,8-9,13H,7,10-12H2,1-3H3,(H,20,21)(H,22,25,26). The minimum Gasteiger partial charge on any atom is -0.379 e. The first-order valence-electron chi connectivity index (χ1n) is 9.06. The number of rotatable bonds is 8. The summed E-state index contributed by atoms with van der Waals surface area (Å²) in [6.45, 7) is 5.77. The molecule has 0 saturated carbocycles. The van der Waals surface area contributed by atoms with E-state index in [1.165, 1.54) is 4.57 Å². The Hall–Kier alpha value is -2.87. The van der Waals surface area contributed by atoms with Gasteiger partial charge in [0.05, 0.1) is 12.6 Å². The van der Waals surface area contributed by atoms with Gasteiger partial charge in [-0.15, -0.1) is 0 Å². The fourth-order valence-electron chi connectivity index (χ4n) is 2.88. The van der Waals surface area contributed by atoms with Gasteiger partial charge in [0.2, 0.25) is 5.95 Å². The molecule has 8 nitrogen and oxygen atoms in total. The molecule has 0 aliphatic carbocycles. The van der Waals surface area contributed by atoms with Gasteiger partial charge in [-0.3, -0.25) is 18.9 Å². The summed E-state index contributed by atoms with van der Waals surface area (Å²) in [5, 5.41) is 3.27. The minimum absolute atomic E-state index is 0.195. The third-order valence-corrected chi connectivity index (χ3v) is 4.25. The van der Waals surface area contributed by atoms with Gasteiger partial charge < -0.3 is 10.1 Å². The van der Waals surface area contributed by atoms with Gasteiger partial charge in [0.1, 0.15) is 0 Å².